The van der Waals surface area contributed by atoms with Crippen LogP contribution in [-0.2, 0) is 19.2 Å². The Morgan fingerprint density at radius 3 is 1.62 bits per heavy atom. The van der Waals surface area contributed by atoms with E-state index in [2.05, 4.69) is 0 Å². The predicted octanol–water partition coefficient (Wildman–Crippen LogP) is -1.83. The quantitative estimate of drug-likeness (QED) is 0.297. The number of amides is 1. The lowest BCUT2D eigenvalue weighted by Gasteiger charge is -2.08. The highest BCUT2D eigenvalue weighted by Crippen LogP contribution is 2.04. The number of carboxylic acids is 3. The Morgan fingerprint density at radius 1 is 0.905 bits per heavy atom. The molecular formula is C11H21N3O7. The van der Waals surface area contributed by atoms with Crippen molar-refractivity contribution in [3.05, 3.63) is 0 Å². The van der Waals surface area contributed by atoms with Gasteiger partial charge in [-0.1, -0.05) is 6.92 Å². The summed E-state index contributed by atoms with van der Waals surface area (Å²) < 4.78 is 0. The van der Waals surface area contributed by atoms with E-state index in [1.54, 1.807) is 0 Å². The fourth-order valence-electron chi connectivity index (χ4n) is 1.00. The lowest BCUT2D eigenvalue weighted by Crippen LogP contribution is -2.33. The summed E-state index contributed by atoms with van der Waals surface area (Å²) in [4.78, 5) is 40.5. The van der Waals surface area contributed by atoms with Gasteiger partial charge in [-0.2, -0.15) is 0 Å². The van der Waals surface area contributed by atoms with Crippen LogP contribution in [0.3, 0.4) is 0 Å². The summed E-state index contributed by atoms with van der Waals surface area (Å²) in [5, 5.41) is 24.9. The molecule has 0 saturated heterocycles. The lowest BCUT2D eigenvalue weighted by molar-refractivity contribution is -0.143. The molecule has 10 heteroatoms. The monoisotopic (exact) mass is 307 g/mol. The third-order valence-corrected chi connectivity index (χ3v) is 2.37. The van der Waals surface area contributed by atoms with E-state index in [9.17, 15) is 19.2 Å². The molecule has 0 saturated carbocycles. The van der Waals surface area contributed by atoms with Gasteiger partial charge in [-0.15, -0.1) is 0 Å². The van der Waals surface area contributed by atoms with E-state index in [4.69, 9.17) is 32.5 Å². The van der Waals surface area contributed by atoms with Crippen LogP contribution in [0.25, 0.3) is 0 Å². The van der Waals surface area contributed by atoms with Crippen molar-refractivity contribution in [1.29, 1.82) is 0 Å². The van der Waals surface area contributed by atoms with E-state index in [-0.39, 0.29) is 19.3 Å². The van der Waals surface area contributed by atoms with Crippen LogP contribution in [0.1, 0.15) is 26.2 Å². The van der Waals surface area contributed by atoms with Crippen molar-refractivity contribution >= 4 is 23.8 Å². The number of carbonyl (C=O) groups excluding carboxylic acids is 1. The first kappa shape index (κ1) is 21.1. The average molecular weight is 307 g/mol. The molecule has 0 aromatic rings. The van der Waals surface area contributed by atoms with Gasteiger partial charge in [0.15, 0.2) is 0 Å². The highest BCUT2D eigenvalue weighted by atomic mass is 16.4. The summed E-state index contributed by atoms with van der Waals surface area (Å²) in [5.41, 5.74) is 14.9. The normalized spacial score (nSPS) is 14.0. The first-order valence-corrected chi connectivity index (χ1v) is 5.96. The topological polar surface area (TPSA) is 207 Å². The molecule has 0 aromatic carbocycles. The van der Waals surface area contributed by atoms with Crippen LogP contribution >= 0.6 is 0 Å². The molecule has 0 aliphatic heterocycles. The molecule has 0 aliphatic carbocycles. The van der Waals surface area contributed by atoms with Gasteiger partial charge in [0, 0.05) is 6.42 Å². The molecule has 1 amide bonds. The smallest absolute Gasteiger partial charge is 0.320 e. The van der Waals surface area contributed by atoms with Gasteiger partial charge in [0.05, 0.1) is 5.92 Å². The summed E-state index contributed by atoms with van der Waals surface area (Å²) in [7, 11) is 0. The van der Waals surface area contributed by atoms with E-state index in [0.717, 1.165) is 0 Å². The zero-order valence-electron chi connectivity index (χ0n) is 11.6. The van der Waals surface area contributed by atoms with Crippen molar-refractivity contribution in [3.63, 3.8) is 0 Å². The van der Waals surface area contributed by atoms with E-state index < -0.39 is 41.8 Å². The zero-order chi connectivity index (χ0) is 17.2. The van der Waals surface area contributed by atoms with Gasteiger partial charge < -0.3 is 32.5 Å². The van der Waals surface area contributed by atoms with Crippen LogP contribution in [0, 0.1) is 5.92 Å². The Bertz CT molecular complexity index is 368. The largest absolute Gasteiger partial charge is 0.481 e. The molecule has 0 heterocycles. The van der Waals surface area contributed by atoms with Gasteiger partial charge in [-0.3, -0.25) is 19.2 Å². The molecule has 0 aliphatic rings. The second kappa shape index (κ2) is 10.6. The molecule has 10 nitrogen and oxygen atoms in total. The molecule has 0 bridgehead atoms. The zero-order valence-corrected chi connectivity index (χ0v) is 11.6. The van der Waals surface area contributed by atoms with Crippen molar-refractivity contribution in [1.82, 2.24) is 0 Å². The second-order valence-electron chi connectivity index (χ2n) is 4.37. The summed E-state index contributed by atoms with van der Waals surface area (Å²) in [6.07, 6.45) is 0.0861. The fourth-order valence-corrected chi connectivity index (χ4v) is 1.00. The second-order valence-corrected chi connectivity index (χ2v) is 4.37. The minimum Gasteiger partial charge on any atom is -0.481 e. The maximum atomic E-state index is 10.2. The number of hydrogen-bond acceptors (Lipinski definition) is 6. The van der Waals surface area contributed by atoms with Crippen molar-refractivity contribution in [2.75, 3.05) is 0 Å². The Kier molecular flexibility index (Phi) is 10.6. The molecule has 0 radical (unpaired) electrons. The molecule has 9 N–H and O–H groups in total. The standard InChI is InChI=1S/C6H11NO4.C5H10N2O3/c1-3(5(8)9)2-4(7)6(10)11;6-3(5(9)10)1-2-4(7)8/h3-4H,2,7H2,1H3,(H,8,9)(H,10,11);3H,1-2,6H2,(H2,7,8)(H,9,10)/t3?,4-;3-/m00/s1. The predicted molar refractivity (Wildman–Crippen MR) is 71.1 cm³/mol. The Labute approximate surface area is 120 Å². The van der Waals surface area contributed by atoms with E-state index in [1.807, 2.05) is 0 Å². The molecule has 0 spiro atoms. The minimum atomic E-state index is -1.17. The van der Waals surface area contributed by atoms with E-state index >= 15 is 0 Å². The number of nitrogens with two attached hydrogens (primary N) is 3. The number of hydrogen-bond donors (Lipinski definition) is 6. The first-order valence-electron chi connectivity index (χ1n) is 5.96. The van der Waals surface area contributed by atoms with Gasteiger partial charge in [0.2, 0.25) is 5.91 Å². The maximum Gasteiger partial charge on any atom is 0.320 e. The van der Waals surface area contributed by atoms with Crippen molar-refractivity contribution < 1.29 is 34.5 Å². The Hall–Kier alpha value is -2.20. The van der Waals surface area contributed by atoms with E-state index in [0.29, 0.717) is 0 Å². The molecule has 122 valence electrons. The van der Waals surface area contributed by atoms with Gasteiger partial charge >= 0.3 is 17.9 Å². The van der Waals surface area contributed by atoms with Crippen LogP contribution in [0.2, 0.25) is 0 Å². The summed E-state index contributed by atoms with van der Waals surface area (Å²) >= 11 is 0. The number of rotatable bonds is 8. The van der Waals surface area contributed by atoms with Crippen LogP contribution in [-0.4, -0.2) is 51.2 Å². The summed E-state index contributed by atoms with van der Waals surface area (Å²) in [5.74, 6) is -4.54. The van der Waals surface area contributed by atoms with Crippen LogP contribution in [0.5, 0.6) is 0 Å². The van der Waals surface area contributed by atoms with Gasteiger partial charge in [0.25, 0.3) is 0 Å². The lowest BCUT2D eigenvalue weighted by atomic mass is 10.0. The molecular weight excluding hydrogens is 286 g/mol. The first-order chi connectivity index (χ1) is 9.48. The highest BCUT2D eigenvalue weighted by molar-refractivity contribution is 5.77. The SMILES string of the molecule is CC(C[C@H](N)C(=O)O)C(=O)O.NC(=O)CC[C@H](N)C(=O)O. The third-order valence-electron chi connectivity index (χ3n) is 2.37. The molecule has 21 heavy (non-hydrogen) atoms. The van der Waals surface area contributed by atoms with Gasteiger partial charge in [-0.25, -0.2) is 0 Å². The molecule has 3 atom stereocenters. The summed E-state index contributed by atoms with van der Waals surface area (Å²) in [6.45, 7) is 1.42. The number of carbonyl (C=O) groups is 4. The molecule has 0 aromatic heterocycles. The summed E-state index contributed by atoms with van der Waals surface area (Å²) in [6, 6.07) is -2.06. The molecule has 1 unspecified atom stereocenters. The maximum absolute atomic E-state index is 10.2. The van der Waals surface area contributed by atoms with E-state index in [1.165, 1.54) is 6.92 Å². The Morgan fingerprint density at radius 2 is 1.33 bits per heavy atom. The van der Waals surface area contributed by atoms with Gasteiger partial charge in [0.1, 0.15) is 12.1 Å². The minimum absolute atomic E-state index is 0.0213. The average Bonchev–Trinajstić information content (AvgIpc) is 2.35. The number of primary amides is 1. The molecule has 0 fully saturated rings. The number of carboxylic acid groups (broad SMARTS) is 3. The molecule has 0 rings (SSSR count). The fraction of sp³-hybridized carbons (Fsp3) is 0.636. The highest BCUT2D eigenvalue weighted by Gasteiger charge is 2.19. The third kappa shape index (κ3) is 12.6. The van der Waals surface area contributed by atoms with Crippen LogP contribution in [0.4, 0.5) is 0 Å². The van der Waals surface area contributed by atoms with Crippen LogP contribution < -0.4 is 17.2 Å². The van der Waals surface area contributed by atoms with Crippen molar-refractivity contribution in [3.8, 4) is 0 Å². The van der Waals surface area contributed by atoms with Crippen LogP contribution in [0.15, 0.2) is 0 Å². The van der Waals surface area contributed by atoms with Crippen molar-refractivity contribution in [2.24, 2.45) is 23.1 Å². The Balaban J connectivity index is 0. The van der Waals surface area contributed by atoms with Gasteiger partial charge in [-0.05, 0) is 12.8 Å². The number of aliphatic carboxylic acids is 3. The van der Waals surface area contributed by atoms with Crippen molar-refractivity contribution in [2.45, 2.75) is 38.3 Å².